The predicted octanol–water partition coefficient (Wildman–Crippen LogP) is 3.87. The molecule has 110 valence electrons. The number of carbonyl (C=O) groups is 2. The van der Waals surface area contributed by atoms with Crippen LogP contribution in [0, 0.1) is 0 Å². The molecule has 0 bridgehead atoms. The van der Waals surface area contributed by atoms with E-state index in [1.807, 2.05) is 0 Å². The highest BCUT2D eigenvalue weighted by Gasteiger charge is 2.13. The number of rotatable bonds is 6. The average Bonchev–Trinajstić information content (AvgIpc) is 2.91. The summed E-state index contributed by atoms with van der Waals surface area (Å²) in [6.07, 6.45) is 0. The van der Waals surface area contributed by atoms with Gasteiger partial charge < -0.3 is 9.47 Å². The number of halogens is 1. The molecule has 0 aliphatic heterocycles. The Balaban J connectivity index is 2.09. The van der Waals surface area contributed by atoms with Gasteiger partial charge in [-0.15, -0.1) is 11.3 Å². The minimum Gasteiger partial charge on any atom is -0.493 e. The van der Waals surface area contributed by atoms with Crippen molar-refractivity contribution in [2.45, 2.75) is 6.92 Å². The summed E-state index contributed by atoms with van der Waals surface area (Å²) >= 11 is 7.00. The number of thiophene rings is 1. The minimum atomic E-state index is -0.162. The third-order valence-corrected chi connectivity index (χ3v) is 4.05. The Labute approximate surface area is 131 Å². The van der Waals surface area contributed by atoms with Crippen LogP contribution in [0.25, 0.3) is 0 Å². The number of hydrogen-bond donors (Lipinski definition) is 0. The molecular weight excluding hydrogens is 312 g/mol. The molecule has 1 heterocycles. The molecule has 2 rings (SSSR count). The van der Waals surface area contributed by atoms with Gasteiger partial charge in [-0.3, -0.25) is 9.59 Å². The van der Waals surface area contributed by atoms with Crippen molar-refractivity contribution >= 4 is 34.5 Å². The number of carbonyl (C=O) groups excluding carboxylic acids is 2. The highest BCUT2D eigenvalue weighted by atomic mass is 35.5. The fourth-order valence-electron chi connectivity index (χ4n) is 1.68. The van der Waals surface area contributed by atoms with Crippen LogP contribution in [0.3, 0.4) is 0 Å². The van der Waals surface area contributed by atoms with Gasteiger partial charge in [-0.2, -0.15) is 0 Å². The average molecular weight is 325 g/mol. The van der Waals surface area contributed by atoms with E-state index < -0.39 is 0 Å². The summed E-state index contributed by atoms with van der Waals surface area (Å²) in [5.41, 5.74) is 0.524. The van der Waals surface area contributed by atoms with E-state index in [0.717, 1.165) is 0 Å². The van der Waals surface area contributed by atoms with E-state index >= 15 is 0 Å². The summed E-state index contributed by atoms with van der Waals surface area (Å²) in [5.74, 6) is 0.604. The lowest BCUT2D eigenvalue weighted by Crippen LogP contribution is -2.10. The third-order valence-electron chi connectivity index (χ3n) is 2.78. The van der Waals surface area contributed by atoms with Crippen LogP contribution in [0.5, 0.6) is 11.5 Å². The number of methoxy groups -OCH3 is 1. The Kier molecular flexibility index (Phi) is 4.98. The van der Waals surface area contributed by atoms with Gasteiger partial charge in [0.25, 0.3) is 0 Å². The van der Waals surface area contributed by atoms with Gasteiger partial charge in [0.15, 0.2) is 23.9 Å². The maximum atomic E-state index is 11.9. The molecule has 21 heavy (non-hydrogen) atoms. The molecule has 0 fully saturated rings. The Morgan fingerprint density at radius 3 is 2.52 bits per heavy atom. The third kappa shape index (κ3) is 3.83. The maximum absolute atomic E-state index is 11.9. The molecule has 0 radical (unpaired) electrons. The van der Waals surface area contributed by atoms with Crippen LogP contribution in [0.1, 0.15) is 27.0 Å². The van der Waals surface area contributed by atoms with Crippen LogP contribution in [-0.4, -0.2) is 25.3 Å². The second kappa shape index (κ2) is 6.74. The molecule has 0 unspecified atom stereocenters. The lowest BCUT2D eigenvalue weighted by Gasteiger charge is -2.10. The van der Waals surface area contributed by atoms with Crippen molar-refractivity contribution in [2.24, 2.45) is 0 Å². The first kappa shape index (κ1) is 15.5. The standard InChI is InChI=1S/C15H13ClO4S/c1-9(17)10-3-4-12(13(7-10)19-2)20-8-11(18)14-5-6-15(16)21-14/h3-7H,8H2,1-2H3. The number of ether oxygens (including phenoxy) is 2. The van der Waals surface area contributed by atoms with Crippen molar-refractivity contribution in [2.75, 3.05) is 13.7 Å². The van der Waals surface area contributed by atoms with Gasteiger partial charge in [0.2, 0.25) is 5.78 Å². The van der Waals surface area contributed by atoms with Gasteiger partial charge in [-0.05, 0) is 37.3 Å². The molecule has 0 spiro atoms. The number of benzene rings is 1. The van der Waals surface area contributed by atoms with E-state index in [1.165, 1.54) is 25.4 Å². The van der Waals surface area contributed by atoms with Gasteiger partial charge in [0, 0.05) is 5.56 Å². The van der Waals surface area contributed by atoms with Crippen molar-refractivity contribution in [1.82, 2.24) is 0 Å². The van der Waals surface area contributed by atoms with E-state index in [0.29, 0.717) is 26.3 Å². The van der Waals surface area contributed by atoms with Gasteiger partial charge in [-0.1, -0.05) is 11.6 Å². The number of ketones is 2. The molecule has 0 atom stereocenters. The zero-order valence-electron chi connectivity index (χ0n) is 11.5. The summed E-state index contributed by atoms with van der Waals surface area (Å²) in [6, 6.07) is 8.16. The second-order valence-corrected chi connectivity index (χ2v) is 5.95. The van der Waals surface area contributed by atoms with Crippen LogP contribution >= 0.6 is 22.9 Å². The first-order valence-electron chi connectivity index (χ1n) is 6.11. The molecule has 0 amide bonds. The van der Waals surface area contributed by atoms with E-state index in [4.69, 9.17) is 21.1 Å². The normalized spacial score (nSPS) is 10.2. The molecule has 0 aliphatic carbocycles. The monoisotopic (exact) mass is 324 g/mol. The van der Waals surface area contributed by atoms with Crippen molar-refractivity contribution in [3.05, 3.63) is 45.1 Å². The Bertz CT molecular complexity index is 678. The van der Waals surface area contributed by atoms with Crippen LogP contribution < -0.4 is 9.47 Å². The van der Waals surface area contributed by atoms with Gasteiger partial charge in [-0.25, -0.2) is 0 Å². The molecule has 0 saturated heterocycles. The molecule has 1 aromatic heterocycles. The number of hydrogen-bond acceptors (Lipinski definition) is 5. The summed E-state index contributed by atoms with van der Waals surface area (Å²) < 4.78 is 11.2. The molecule has 0 N–H and O–H groups in total. The van der Waals surface area contributed by atoms with Crippen molar-refractivity contribution in [3.63, 3.8) is 0 Å². The molecule has 0 aliphatic rings. The van der Waals surface area contributed by atoms with E-state index in [9.17, 15) is 9.59 Å². The highest BCUT2D eigenvalue weighted by molar-refractivity contribution is 7.18. The Hall–Kier alpha value is -1.85. The molecule has 4 nitrogen and oxygen atoms in total. The van der Waals surface area contributed by atoms with Gasteiger partial charge in [0.1, 0.15) is 0 Å². The van der Waals surface area contributed by atoms with E-state index in [2.05, 4.69) is 0 Å². The summed E-state index contributed by atoms with van der Waals surface area (Å²) in [5, 5.41) is 0. The van der Waals surface area contributed by atoms with Crippen molar-refractivity contribution in [1.29, 1.82) is 0 Å². The van der Waals surface area contributed by atoms with Gasteiger partial charge >= 0.3 is 0 Å². The first-order chi connectivity index (χ1) is 10.0. The summed E-state index contributed by atoms with van der Waals surface area (Å²) in [4.78, 5) is 23.8. The molecular formula is C15H13ClO4S. The summed E-state index contributed by atoms with van der Waals surface area (Å²) in [6.45, 7) is 1.35. The second-order valence-electron chi connectivity index (χ2n) is 4.24. The maximum Gasteiger partial charge on any atom is 0.210 e. The first-order valence-corrected chi connectivity index (χ1v) is 7.31. The Morgan fingerprint density at radius 2 is 1.95 bits per heavy atom. The largest absolute Gasteiger partial charge is 0.493 e. The molecule has 1 aromatic carbocycles. The highest BCUT2D eigenvalue weighted by Crippen LogP contribution is 2.29. The lowest BCUT2D eigenvalue weighted by atomic mass is 10.1. The van der Waals surface area contributed by atoms with Crippen LogP contribution in [0.2, 0.25) is 4.34 Å². The fourth-order valence-corrected chi connectivity index (χ4v) is 2.65. The smallest absolute Gasteiger partial charge is 0.210 e. The van der Waals surface area contributed by atoms with E-state index in [1.54, 1.807) is 30.3 Å². The molecule has 2 aromatic rings. The minimum absolute atomic E-state index is 0.0656. The summed E-state index contributed by atoms with van der Waals surface area (Å²) in [7, 11) is 1.48. The van der Waals surface area contributed by atoms with Crippen LogP contribution in [0.15, 0.2) is 30.3 Å². The zero-order valence-corrected chi connectivity index (χ0v) is 13.1. The SMILES string of the molecule is COc1cc(C(C)=O)ccc1OCC(=O)c1ccc(Cl)s1. The van der Waals surface area contributed by atoms with Crippen LogP contribution in [-0.2, 0) is 0 Å². The van der Waals surface area contributed by atoms with E-state index in [-0.39, 0.29) is 18.2 Å². The topological polar surface area (TPSA) is 52.6 Å². The predicted molar refractivity (Wildman–Crippen MR) is 82.2 cm³/mol. The van der Waals surface area contributed by atoms with Crippen molar-refractivity contribution in [3.8, 4) is 11.5 Å². The fraction of sp³-hybridized carbons (Fsp3) is 0.200. The lowest BCUT2D eigenvalue weighted by molar-refractivity contribution is 0.0922. The van der Waals surface area contributed by atoms with Crippen LogP contribution in [0.4, 0.5) is 0 Å². The molecule has 0 saturated carbocycles. The Morgan fingerprint density at radius 1 is 1.19 bits per heavy atom. The zero-order chi connectivity index (χ0) is 15.4. The van der Waals surface area contributed by atoms with Crippen molar-refractivity contribution < 1.29 is 19.1 Å². The van der Waals surface area contributed by atoms with Gasteiger partial charge in [0.05, 0.1) is 16.3 Å². The number of Topliss-reactive ketones (excluding diaryl/α,β-unsaturated/α-hetero) is 2. The quantitative estimate of drug-likeness (QED) is 0.757. The molecule has 6 heteroatoms.